The van der Waals surface area contributed by atoms with Crippen LogP contribution in [-0.2, 0) is 7.05 Å². The minimum absolute atomic E-state index is 0.0192. The van der Waals surface area contributed by atoms with Gasteiger partial charge in [0.15, 0.2) is 0 Å². The molecule has 1 unspecified atom stereocenters. The molecular weight excluding hydrogens is 284 g/mol. The highest BCUT2D eigenvalue weighted by Gasteiger charge is 2.29. The van der Waals surface area contributed by atoms with E-state index < -0.39 is 0 Å². The Kier molecular flexibility index (Phi) is 3.66. The minimum Gasteiger partial charge on any atom is -0.355 e. The zero-order valence-electron chi connectivity index (χ0n) is 12.6. The van der Waals surface area contributed by atoms with Gasteiger partial charge in [0.05, 0.1) is 29.6 Å². The fourth-order valence-electron chi connectivity index (χ4n) is 2.66. The normalized spacial score (nSPS) is 17.7. The van der Waals surface area contributed by atoms with Crippen LogP contribution in [0.1, 0.15) is 33.2 Å². The third kappa shape index (κ3) is 2.59. The van der Waals surface area contributed by atoms with Gasteiger partial charge in [-0.15, -0.1) is 0 Å². The lowest BCUT2D eigenvalue weighted by Crippen LogP contribution is -2.29. The molecule has 3 heterocycles. The number of carbonyl (C=O) groups excluding carboxylic acids is 2. The molecule has 0 spiro atoms. The highest BCUT2D eigenvalue weighted by Crippen LogP contribution is 2.22. The zero-order valence-corrected chi connectivity index (χ0v) is 12.6. The van der Waals surface area contributed by atoms with Crippen molar-refractivity contribution in [3.8, 4) is 0 Å². The van der Waals surface area contributed by atoms with Gasteiger partial charge < -0.3 is 10.2 Å². The number of carbonyl (C=O) groups is 2. The number of amides is 2. The second kappa shape index (κ2) is 5.63. The van der Waals surface area contributed by atoms with Gasteiger partial charge in [-0.25, -0.2) is 0 Å². The van der Waals surface area contributed by atoms with Gasteiger partial charge in [0.2, 0.25) is 0 Å². The molecule has 1 aliphatic rings. The van der Waals surface area contributed by atoms with Crippen LogP contribution < -0.4 is 5.32 Å². The molecule has 2 aromatic rings. The van der Waals surface area contributed by atoms with Crippen LogP contribution in [-0.4, -0.2) is 56.4 Å². The molecule has 0 bridgehead atoms. The van der Waals surface area contributed by atoms with E-state index in [0.29, 0.717) is 24.2 Å². The second-order valence-electron chi connectivity index (χ2n) is 5.38. The monoisotopic (exact) mass is 302 g/mol. The van der Waals surface area contributed by atoms with Crippen molar-refractivity contribution in [1.82, 2.24) is 29.8 Å². The Bertz CT molecular complexity index is 704. The lowest BCUT2D eigenvalue weighted by atomic mass is 10.2. The summed E-state index contributed by atoms with van der Waals surface area (Å²) in [6.07, 6.45) is 7.38. The van der Waals surface area contributed by atoms with Crippen molar-refractivity contribution >= 4 is 11.8 Å². The molecule has 2 aromatic heterocycles. The van der Waals surface area contributed by atoms with Crippen molar-refractivity contribution in [2.45, 2.75) is 12.5 Å². The molecule has 0 saturated carbocycles. The first kappa shape index (κ1) is 14.3. The van der Waals surface area contributed by atoms with E-state index in [1.54, 1.807) is 53.1 Å². The third-order valence-corrected chi connectivity index (χ3v) is 3.87. The summed E-state index contributed by atoms with van der Waals surface area (Å²) in [5, 5.41) is 10.8. The molecule has 8 heteroatoms. The largest absolute Gasteiger partial charge is 0.355 e. The molecule has 0 aromatic carbocycles. The maximum absolute atomic E-state index is 12.4. The topological polar surface area (TPSA) is 85.1 Å². The van der Waals surface area contributed by atoms with Crippen LogP contribution in [0, 0.1) is 0 Å². The summed E-state index contributed by atoms with van der Waals surface area (Å²) in [4.78, 5) is 25.7. The van der Waals surface area contributed by atoms with Crippen LogP contribution >= 0.6 is 0 Å². The van der Waals surface area contributed by atoms with Gasteiger partial charge in [0.1, 0.15) is 0 Å². The van der Waals surface area contributed by atoms with Gasteiger partial charge in [-0.05, 0) is 6.42 Å². The number of hydrogen-bond donors (Lipinski definition) is 1. The predicted octanol–water partition coefficient (Wildman–Crippen LogP) is 0.0634. The molecule has 0 radical (unpaired) electrons. The molecule has 3 rings (SSSR count). The molecule has 1 aliphatic heterocycles. The maximum Gasteiger partial charge on any atom is 0.257 e. The molecule has 1 atom stereocenters. The number of hydrogen-bond acceptors (Lipinski definition) is 4. The van der Waals surface area contributed by atoms with Crippen molar-refractivity contribution in [3.05, 3.63) is 35.9 Å². The second-order valence-corrected chi connectivity index (χ2v) is 5.38. The molecule has 8 nitrogen and oxygen atoms in total. The van der Waals surface area contributed by atoms with E-state index in [0.717, 1.165) is 6.42 Å². The highest BCUT2D eigenvalue weighted by molar-refractivity contribution is 5.94. The Morgan fingerprint density at radius 1 is 1.23 bits per heavy atom. The van der Waals surface area contributed by atoms with E-state index in [9.17, 15) is 9.59 Å². The first-order valence-corrected chi connectivity index (χ1v) is 7.12. The van der Waals surface area contributed by atoms with Crippen LogP contribution in [0.3, 0.4) is 0 Å². The van der Waals surface area contributed by atoms with Crippen molar-refractivity contribution in [2.24, 2.45) is 7.05 Å². The van der Waals surface area contributed by atoms with Gasteiger partial charge >= 0.3 is 0 Å². The lowest BCUT2D eigenvalue weighted by molar-refractivity contribution is 0.0786. The Balaban J connectivity index is 1.68. The van der Waals surface area contributed by atoms with E-state index >= 15 is 0 Å². The van der Waals surface area contributed by atoms with Gasteiger partial charge in [-0.1, -0.05) is 0 Å². The highest BCUT2D eigenvalue weighted by atomic mass is 16.2. The standard InChI is InChI=1S/C14H18N6O2/c1-15-13(21)10-5-17-20(8-10)12-3-4-19(9-12)14(22)11-6-16-18(2)7-11/h5-8,12H,3-4,9H2,1-2H3,(H,15,21). The molecule has 116 valence electrons. The average Bonchev–Trinajstić information content (AvgIpc) is 3.24. The fraction of sp³-hybridized carbons (Fsp3) is 0.429. The van der Waals surface area contributed by atoms with E-state index in [2.05, 4.69) is 15.5 Å². The van der Waals surface area contributed by atoms with Gasteiger partial charge in [-0.2, -0.15) is 10.2 Å². The van der Waals surface area contributed by atoms with Crippen molar-refractivity contribution in [3.63, 3.8) is 0 Å². The van der Waals surface area contributed by atoms with Crippen LogP contribution in [0.25, 0.3) is 0 Å². The number of aromatic nitrogens is 4. The summed E-state index contributed by atoms with van der Waals surface area (Å²) in [6.45, 7) is 1.26. The molecule has 1 N–H and O–H groups in total. The number of rotatable bonds is 3. The summed E-state index contributed by atoms with van der Waals surface area (Å²) in [6, 6.07) is 0.0963. The molecule has 2 amide bonds. The van der Waals surface area contributed by atoms with Gasteiger partial charge in [0, 0.05) is 39.6 Å². The zero-order chi connectivity index (χ0) is 15.7. The van der Waals surface area contributed by atoms with Crippen molar-refractivity contribution < 1.29 is 9.59 Å². The Morgan fingerprint density at radius 3 is 2.68 bits per heavy atom. The number of nitrogens with one attached hydrogen (secondary N) is 1. The summed E-state index contributed by atoms with van der Waals surface area (Å²) < 4.78 is 3.38. The minimum atomic E-state index is -0.160. The van der Waals surface area contributed by atoms with E-state index in [1.165, 1.54) is 0 Å². The summed E-state index contributed by atoms with van der Waals surface area (Å²) >= 11 is 0. The van der Waals surface area contributed by atoms with Crippen molar-refractivity contribution in [1.29, 1.82) is 0 Å². The molecule has 1 saturated heterocycles. The van der Waals surface area contributed by atoms with Gasteiger partial charge in [-0.3, -0.25) is 19.0 Å². The lowest BCUT2D eigenvalue weighted by Gasteiger charge is -2.15. The number of likely N-dealkylation sites (tertiary alicyclic amines) is 1. The van der Waals surface area contributed by atoms with Crippen LogP contribution in [0.2, 0.25) is 0 Å². The molecular formula is C14H18N6O2. The quantitative estimate of drug-likeness (QED) is 0.869. The smallest absolute Gasteiger partial charge is 0.257 e. The summed E-state index contributed by atoms with van der Waals surface area (Å²) in [5.74, 6) is -0.179. The SMILES string of the molecule is CNC(=O)c1cnn(C2CCN(C(=O)c3cnn(C)c3)C2)c1. The maximum atomic E-state index is 12.4. The Labute approximate surface area is 127 Å². The van der Waals surface area contributed by atoms with Crippen LogP contribution in [0.5, 0.6) is 0 Å². The van der Waals surface area contributed by atoms with Crippen LogP contribution in [0.15, 0.2) is 24.8 Å². The van der Waals surface area contributed by atoms with E-state index in [1.807, 2.05) is 0 Å². The first-order chi connectivity index (χ1) is 10.6. The van der Waals surface area contributed by atoms with Crippen molar-refractivity contribution in [2.75, 3.05) is 20.1 Å². The molecule has 22 heavy (non-hydrogen) atoms. The number of aryl methyl sites for hydroxylation is 1. The molecule has 1 fully saturated rings. The first-order valence-electron chi connectivity index (χ1n) is 7.12. The van der Waals surface area contributed by atoms with Crippen LogP contribution in [0.4, 0.5) is 0 Å². The van der Waals surface area contributed by atoms with Gasteiger partial charge in [0.25, 0.3) is 11.8 Å². The Hall–Kier alpha value is -2.64. The van der Waals surface area contributed by atoms with E-state index in [-0.39, 0.29) is 17.9 Å². The van der Waals surface area contributed by atoms with E-state index in [4.69, 9.17) is 0 Å². The average molecular weight is 302 g/mol. The predicted molar refractivity (Wildman–Crippen MR) is 78.4 cm³/mol. The fourth-order valence-corrected chi connectivity index (χ4v) is 2.66. The molecule has 0 aliphatic carbocycles. The Morgan fingerprint density at radius 2 is 2.00 bits per heavy atom. The summed E-state index contributed by atoms with van der Waals surface area (Å²) in [7, 11) is 3.37. The summed E-state index contributed by atoms with van der Waals surface area (Å²) in [5.41, 5.74) is 1.12. The number of nitrogens with zero attached hydrogens (tertiary/aromatic N) is 5. The third-order valence-electron chi connectivity index (χ3n) is 3.87.